The monoisotopic (exact) mass is 558 g/mol. The number of hydrogen-bond donors (Lipinski definition) is 0. The average molecular weight is 559 g/mol. The van der Waals surface area contributed by atoms with Crippen molar-refractivity contribution >= 4 is 11.6 Å². The molecule has 0 amide bonds. The van der Waals surface area contributed by atoms with Gasteiger partial charge in [0.2, 0.25) is 0 Å². The summed E-state index contributed by atoms with van der Waals surface area (Å²) in [6, 6.07) is 0. The zero-order valence-electron chi connectivity index (χ0n) is 27.3. The van der Waals surface area contributed by atoms with Gasteiger partial charge in [-0.1, -0.05) is 99.7 Å². The van der Waals surface area contributed by atoms with Crippen LogP contribution in [0.3, 0.4) is 0 Å². The minimum atomic E-state index is -0.0566. The minimum Gasteiger partial charge on any atom is -0.295 e. The summed E-state index contributed by atoms with van der Waals surface area (Å²) in [5.74, 6) is 19.5. The van der Waals surface area contributed by atoms with Crippen LogP contribution in [0.1, 0.15) is 94.9 Å². The third-order valence-corrected chi connectivity index (χ3v) is 7.76. The van der Waals surface area contributed by atoms with Gasteiger partial charge in [0.25, 0.3) is 0 Å². The summed E-state index contributed by atoms with van der Waals surface area (Å²) in [6.07, 6.45) is 18.6. The van der Waals surface area contributed by atoms with E-state index in [1.54, 1.807) is 0 Å². The molecule has 0 saturated carbocycles. The normalized spacial score (nSPS) is 19.9. The number of hydrogen-bond acceptors (Lipinski definition) is 2. The molecule has 0 aliphatic heterocycles. The van der Waals surface area contributed by atoms with Crippen LogP contribution in [0.5, 0.6) is 0 Å². The van der Waals surface area contributed by atoms with Gasteiger partial charge in [-0.3, -0.25) is 9.59 Å². The second kappa shape index (κ2) is 15.2. The van der Waals surface area contributed by atoms with Crippen LogP contribution in [-0.2, 0) is 9.59 Å². The van der Waals surface area contributed by atoms with Crippen LogP contribution >= 0.6 is 0 Å². The molecular weight excluding hydrogens is 512 g/mol. The zero-order chi connectivity index (χ0) is 31.5. The Kier molecular flexibility index (Phi) is 12.4. The molecule has 2 aliphatic rings. The van der Waals surface area contributed by atoms with Gasteiger partial charge in [0.1, 0.15) is 0 Å². The maximum atomic E-state index is 12.1. The van der Waals surface area contributed by atoms with Crippen molar-refractivity contribution in [2.75, 3.05) is 0 Å². The lowest BCUT2D eigenvalue weighted by atomic mass is 9.72. The topological polar surface area (TPSA) is 34.1 Å². The molecule has 42 heavy (non-hydrogen) atoms. The number of carbonyl (C=O) groups excluding carboxylic acids is 2. The summed E-state index contributed by atoms with van der Waals surface area (Å²) in [5.41, 5.74) is 7.41. The molecule has 0 unspecified atom stereocenters. The first-order valence-electron chi connectivity index (χ1n) is 14.7. The van der Waals surface area contributed by atoms with Crippen LogP contribution in [0, 0.1) is 46.4 Å². The minimum absolute atomic E-state index is 0.0566. The maximum Gasteiger partial charge on any atom is 0.159 e. The quantitative estimate of drug-likeness (QED) is 0.254. The van der Waals surface area contributed by atoms with E-state index < -0.39 is 0 Å². The van der Waals surface area contributed by atoms with E-state index in [1.807, 2.05) is 90.2 Å². The Bertz CT molecular complexity index is 1430. The highest BCUT2D eigenvalue weighted by Gasteiger charge is 2.32. The second-order valence-electron chi connectivity index (χ2n) is 12.6. The smallest absolute Gasteiger partial charge is 0.159 e. The van der Waals surface area contributed by atoms with E-state index in [0.29, 0.717) is 12.8 Å². The van der Waals surface area contributed by atoms with Gasteiger partial charge in [-0.05, 0) is 99.7 Å². The van der Waals surface area contributed by atoms with Crippen LogP contribution in [-0.4, -0.2) is 11.6 Å². The highest BCUT2D eigenvalue weighted by Crippen LogP contribution is 2.39. The summed E-state index contributed by atoms with van der Waals surface area (Å²) in [5, 5.41) is 0. The first-order chi connectivity index (χ1) is 19.6. The van der Waals surface area contributed by atoms with E-state index in [1.165, 1.54) is 0 Å². The fourth-order valence-electron chi connectivity index (χ4n) is 4.80. The second-order valence-corrected chi connectivity index (χ2v) is 12.6. The van der Waals surface area contributed by atoms with Crippen molar-refractivity contribution in [2.45, 2.75) is 94.9 Å². The first-order valence-corrected chi connectivity index (χ1v) is 14.7. The lowest BCUT2D eigenvalue weighted by molar-refractivity contribution is -0.117. The Morgan fingerprint density at radius 3 is 1.36 bits per heavy atom. The Balaban J connectivity index is 1.98. The molecule has 2 rings (SSSR count). The summed E-state index contributed by atoms with van der Waals surface area (Å²) in [7, 11) is 0. The number of ketones is 2. The molecule has 0 saturated heterocycles. The zero-order valence-corrected chi connectivity index (χ0v) is 27.3. The number of allylic oxidation sites excluding steroid dienone is 16. The Morgan fingerprint density at radius 2 is 1.00 bits per heavy atom. The average Bonchev–Trinajstić information content (AvgIpc) is 2.91. The molecule has 0 N–H and O–H groups in total. The molecule has 0 radical (unpaired) electrons. The van der Waals surface area contributed by atoms with E-state index in [2.05, 4.69) is 63.2 Å². The summed E-state index contributed by atoms with van der Waals surface area (Å²) < 4.78 is 0. The molecule has 0 fully saturated rings. The van der Waals surface area contributed by atoms with Crippen molar-refractivity contribution in [3.63, 3.8) is 0 Å². The van der Waals surface area contributed by atoms with Crippen molar-refractivity contribution in [3.8, 4) is 35.5 Å². The van der Waals surface area contributed by atoms with Gasteiger partial charge in [0.05, 0.1) is 0 Å². The number of Topliss-reactive ketones (excluding diaryl/α,β-unsaturated/α-hetero) is 2. The largest absolute Gasteiger partial charge is 0.295 e. The van der Waals surface area contributed by atoms with Gasteiger partial charge in [-0.25, -0.2) is 0 Å². The molecule has 0 spiro atoms. The highest BCUT2D eigenvalue weighted by molar-refractivity contribution is 5.98. The molecular formula is C40H46O2. The van der Waals surface area contributed by atoms with E-state index in [0.717, 1.165) is 57.4 Å². The van der Waals surface area contributed by atoms with Crippen LogP contribution in [0.4, 0.5) is 0 Å². The van der Waals surface area contributed by atoms with Gasteiger partial charge < -0.3 is 0 Å². The van der Waals surface area contributed by atoms with Gasteiger partial charge >= 0.3 is 0 Å². The summed E-state index contributed by atoms with van der Waals surface area (Å²) >= 11 is 0. The summed E-state index contributed by atoms with van der Waals surface area (Å²) in [4.78, 5) is 24.2. The maximum absolute atomic E-state index is 12.1. The molecule has 2 nitrogen and oxygen atoms in total. The van der Waals surface area contributed by atoms with E-state index in [9.17, 15) is 9.59 Å². The van der Waals surface area contributed by atoms with Gasteiger partial charge in [0.15, 0.2) is 11.6 Å². The SMILES string of the molecule is CC(C#CC1=C(C)C(=O)CCC1(C)C)=CC=CC(C)=CC#CC=C(C)C=CC=C(C)C#CC1=C(C)C(=O)CCC1(C)C. The molecule has 0 aromatic heterocycles. The third-order valence-electron chi connectivity index (χ3n) is 7.76. The molecule has 0 aromatic carbocycles. The predicted octanol–water partition coefficient (Wildman–Crippen LogP) is 9.31. The van der Waals surface area contributed by atoms with Crippen molar-refractivity contribution in [2.24, 2.45) is 10.8 Å². The fraction of sp³-hybridized carbons (Fsp3) is 0.400. The number of carbonyl (C=O) groups is 2. The molecule has 218 valence electrons. The third kappa shape index (κ3) is 10.4. The summed E-state index contributed by atoms with van der Waals surface area (Å²) in [6.45, 7) is 20.4. The van der Waals surface area contributed by atoms with Crippen LogP contribution in [0.25, 0.3) is 0 Å². The molecule has 0 bridgehead atoms. The fourth-order valence-corrected chi connectivity index (χ4v) is 4.80. The van der Waals surface area contributed by atoms with E-state index >= 15 is 0 Å². The van der Waals surface area contributed by atoms with E-state index in [4.69, 9.17) is 0 Å². The van der Waals surface area contributed by atoms with Gasteiger partial charge in [-0.15, -0.1) is 0 Å². The lowest BCUT2D eigenvalue weighted by Gasteiger charge is -2.30. The van der Waals surface area contributed by atoms with Crippen molar-refractivity contribution in [1.82, 2.24) is 0 Å². The Morgan fingerprint density at radius 1 is 0.643 bits per heavy atom. The molecule has 2 heteroatoms. The Hall–Kier alpha value is -4.06. The predicted molar refractivity (Wildman–Crippen MR) is 178 cm³/mol. The standard InChI is InChI=1S/C40H46O2/c1-29(17-13-19-31(3)21-23-35-33(5)37(41)25-27-39(35,7)8)15-11-12-16-30(2)18-14-20-32(4)22-24-36-34(6)38(42)26-28-40(36,9)10/h13-20H,25-28H2,1-10H3. The first kappa shape index (κ1) is 34.1. The van der Waals surface area contributed by atoms with Gasteiger partial charge in [-0.2, -0.15) is 0 Å². The van der Waals surface area contributed by atoms with Crippen LogP contribution < -0.4 is 0 Å². The number of rotatable bonds is 4. The van der Waals surface area contributed by atoms with Gasteiger partial charge in [0, 0.05) is 35.1 Å². The Labute approximate surface area is 255 Å². The molecule has 0 atom stereocenters. The molecule has 2 aliphatic carbocycles. The molecule has 0 aromatic rings. The van der Waals surface area contributed by atoms with Crippen molar-refractivity contribution < 1.29 is 9.59 Å². The van der Waals surface area contributed by atoms with Crippen LogP contribution in [0.15, 0.2) is 93.2 Å². The van der Waals surface area contributed by atoms with Crippen molar-refractivity contribution in [1.29, 1.82) is 0 Å². The van der Waals surface area contributed by atoms with E-state index in [-0.39, 0.29) is 22.4 Å². The van der Waals surface area contributed by atoms with Crippen LogP contribution in [0.2, 0.25) is 0 Å². The van der Waals surface area contributed by atoms with Crippen molar-refractivity contribution in [3.05, 3.63) is 93.2 Å². The lowest BCUT2D eigenvalue weighted by Crippen LogP contribution is -2.24. The highest BCUT2D eigenvalue weighted by atomic mass is 16.1. The molecule has 0 heterocycles.